The highest BCUT2D eigenvalue weighted by Gasteiger charge is 2.22. The first-order valence-corrected chi connectivity index (χ1v) is 5.77. The van der Waals surface area contributed by atoms with Crippen LogP contribution in [-0.2, 0) is 0 Å². The van der Waals surface area contributed by atoms with Gasteiger partial charge in [-0.3, -0.25) is 0 Å². The first-order chi connectivity index (χ1) is 7.70. The van der Waals surface area contributed by atoms with Gasteiger partial charge in [-0.2, -0.15) is 0 Å². The number of benzene rings is 1. The second-order valence-electron chi connectivity index (χ2n) is 4.45. The lowest BCUT2D eigenvalue weighted by molar-refractivity contribution is 0.293. The van der Waals surface area contributed by atoms with E-state index >= 15 is 0 Å². The van der Waals surface area contributed by atoms with Crippen molar-refractivity contribution < 1.29 is 9.47 Å². The van der Waals surface area contributed by atoms with Crippen molar-refractivity contribution in [1.29, 1.82) is 0 Å². The van der Waals surface area contributed by atoms with Gasteiger partial charge in [0.1, 0.15) is 11.5 Å². The number of ether oxygens (including phenoxy) is 2. The molecule has 1 aliphatic rings. The monoisotopic (exact) mass is 221 g/mol. The van der Waals surface area contributed by atoms with Crippen molar-refractivity contribution in [3.05, 3.63) is 23.8 Å². The minimum Gasteiger partial charge on any atom is -0.497 e. The first kappa shape index (κ1) is 11.3. The molecule has 1 atom stereocenters. The highest BCUT2D eigenvalue weighted by molar-refractivity contribution is 5.42. The molecular weight excluding hydrogens is 202 g/mol. The molecule has 1 aromatic carbocycles. The maximum absolute atomic E-state index is 5.91. The molecule has 0 bridgehead atoms. The summed E-state index contributed by atoms with van der Waals surface area (Å²) in [6.07, 6.45) is 2.58. The van der Waals surface area contributed by atoms with Gasteiger partial charge >= 0.3 is 0 Å². The fourth-order valence-electron chi connectivity index (χ4n) is 1.63. The van der Waals surface area contributed by atoms with Gasteiger partial charge in [0.15, 0.2) is 0 Å². The molecule has 0 aromatic heterocycles. The zero-order chi connectivity index (χ0) is 11.5. The fourth-order valence-corrected chi connectivity index (χ4v) is 1.63. The van der Waals surface area contributed by atoms with Gasteiger partial charge in [0.25, 0.3) is 0 Å². The summed E-state index contributed by atoms with van der Waals surface area (Å²) < 4.78 is 11.0. The zero-order valence-corrected chi connectivity index (χ0v) is 9.90. The highest BCUT2D eigenvalue weighted by Crippen LogP contribution is 2.33. The molecule has 0 radical (unpaired) electrons. The van der Waals surface area contributed by atoms with Crippen LogP contribution in [0.1, 0.15) is 31.4 Å². The molecule has 3 heteroatoms. The van der Waals surface area contributed by atoms with Gasteiger partial charge in [0.05, 0.1) is 13.7 Å². The Bertz CT molecular complexity index is 359. The summed E-state index contributed by atoms with van der Waals surface area (Å²) in [5, 5.41) is 0. The normalized spacial score (nSPS) is 16.9. The molecular formula is C13H19NO2. The molecule has 2 rings (SSSR count). The predicted octanol–water partition coefficient (Wildman–Crippen LogP) is 2.50. The van der Waals surface area contributed by atoms with Crippen LogP contribution >= 0.6 is 0 Å². The molecule has 0 saturated heterocycles. The minimum absolute atomic E-state index is 0.0138. The van der Waals surface area contributed by atoms with Crippen molar-refractivity contribution in [3.8, 4) is 11.5 Å². The molecule has 1 aliphatic carbocycles. The second-order valence-corrected chi connectivity index (χ2v) is 4.45. The third-order valence-corrected chi connectivity index (χ3v) is 2.88. The Kier molecular flexibility index (Phi) is 3.34. The summed E-state index contributed by atoms with van der Waals surface area (Å²) in [5.41, 5.74) is 6.95. The molecule has 88 valence electrons. The first-order valence-electron chi connectivity index (χ1n) is 5.77. The number of nitrogens with two attached hydrogens (primary N) is 1. The van der Waals surface area contributed by atoms with E-state index in [-0.39, 0.29) is 6.04 Å². The third kappa shape index (κ3) is 2.67. The van der Waals surface area contributed by atoms with E-state index in [0.29, 0.717) is 0 Å². The van der Waals surface area contributed by atoms with Gasteiger partial charge in [0, 0.05) is 17.7 Å². The third-order valence-electron chi connectivity index (χ3n) is 2.88. The Labute approximate surface area is 96.5 Å². The van der Waals surface area contributed by atoms with Gasteiger partial charge in [-0.05, 0) is 31.7 Å². The molecule has 0 unspecified atom stereocenters. The predicted molar refractivity (Wildman–Crippen MR) is 63.8 cm³/mol. The van der Waals surface area contributed by atoms with Crippen LogP contribution in [0.25, 0.3) is 0 Å². The van der Waals surface area contributed by atoms with Crippen LogP contribution in [0.5, 0.6) is 11.5 Å². The van der Waals surface area contributed by atoms with Crippen LogP contribution in [0.4, 0.5) is 0 Å². The number of rotatable bonds is 5. The van der Waals surface area contributed by atoms with Crippen molar-refractivity contribution in [1.82, 2.24) is 0 Å². The van der Waals surface area contributed by atoms with Crippen LogP contribution in [0.2, 0.25) is 0 Å². The van der Waals surface area contributed by atoms with Crippen molar-refractivity contribution in [2.24, 2.45) is 11.7 Å². The standard InChI is InChI=1S/C13H19NO2/c1-9(14)12-6-5-11(15-2)7-13(12)16-8-10-3-4-10/h5-7,9-10H,3-4,8,14H2,1-2H3/t9-/m0/s1. The van der Waals surface area contributed by atoms with Crippen molar-refractivity contribution in [2.45, 2.75) is 25.8 Å². The lowest BCUT2D eigenvalue weighted by Crippen LogP contribution is -2.09. The Morgan fingerprint density at radius 2 is 2.19 bits per heavy atom. The SMILES string of the molecule is COc1ccc([C@H](C)N)c(OCC2CC2)c1. The summed E-state index contributed by atoms with van der Waals surface area (Å²) in [7, 11) is 1.66. The summed E-state index contributed by atoms with van der Waals surface area (Å²) in [6, 6.07) is 5.80. The topological polar surface area (TPSA) is 44.5 Å². The van der Waals surface area contributed by atoms with Crippen LogP contribution in [0.15, 0.2) is 18.2 Å². The van der Waals surface area contributed by atoms with E-state index in [2.05, 4.69) is 0 Å². The van der Waals surface area contributed by atoms with Crippen LogP contribution < -0.4 is 15.2 Å². The number of hydrogen-bond acceptors (Lipinski definition) is 3. The number of hydrogen-bond donors (Lipinski definition) is 1. The smallest absolute Gasteiger partial charge is 0.127 e. The van der Waals surface area contributed by atoms with Crippen LogP contribution in [0.3, 0.4) is 0 Å². The van der Waals surface area contributed by atoms with E-state index in [1.54, 1.807) is 7.11 Å². The molecule has 3 nitrogen and oxygen atoms in total. The largest absolute Gasteiger partial charge is 0.497 e. The summed E-state index contributed by atoms with van der Waals surface area (Å²) in [6.45, 7) is 2.76. The van der Waals surface area contributed by atoms with Crippen molar-refractivity contribution in [3.63, 3.8) is 0 Å². The van der Waals surface area contributed by atoms with Gasteiger partial charge < -0.3 is 15.2 Å². The molecule has 16 heavy (non-hydrogen) atoms. The van der Waals surface area contributed by atoms with E-state index in [1.807, 2.05) is 25.1 Å². The number of methoxy groups -OCH3 is 1. The molecule has 0 amide bonds. The Morgan fingerprint density at radius 3 is 2.75 bits per heavy atom. The van der Waals surface area contributed by atoms with Crippen molar-refractivity contribution >= 4 is 0 Å². The molecule has 1 fully saturated rings. The van der Waals surface area contributed by atoms with Gasteiger partial charge in [-0.15, -0.1) is 0 Å². The molecule has 0 aliphatic heterocycles. The molecule has 0 heterocycles. The lowest BCUT2D eigenvalue weighted by atomic mass is 10.1. The summed E-state index contributed by atoms with van der Waals surface area (Å²) >= 11 is 0. The van der Waals surface area contributed by atoms with Crippen LogP contribution in [-0.4, -0.2) is 13.7 Å². The molecule has 1 aromatic rings. The maximum Gasteiger partial charge on any atom is 0.127 e. The average Bonchev–Trinajstić information content (AvgIpc) is 3.09. The summed E-state index contributed by atoms with van der Waals surface area (Å²) in [5.74, 6) is 2.42. The Morgan fingerprint density at radius 1 is 1.44 bits per heavy atom. The van der Waals surface area contributed by atoms with E-state index in [1.165, 1.54) is 12.8 Å². The molecule has 1 saturated carbocycles. The lowest BCUT2D eigenvalue weighted by Gasteiger charge is -2.15. The van der Waals surface area contributed by atoms with Crippen LogP contribution in [0, 0.1) is 5.92 Å². The second kappa shape index (κ2) is 4.74. The van der Waals surface area contributed by atoms with E-state index < -0.39 is 0 Å². The quantitative estimate of drug-likeness (QED) is 0.830. The van der Waals surface area contributed by atoms with Crippen molar-refractivity contribution in [2.75, 3.05) is 13.7 Å². The molecule has 2 N–H and O–H groups in total. The van der Waals surface area contributed by atoms with Gasteiger partial charge in [0.2, 0.25) is 0 Å². The highest BCUT2D eigenvalue weighted by atomic mass is 16.5. The summed E-state index contributed by atoms with van der Waals surface area (Å²) in [4.78, 5) is 0. The van der Waals surface area contributed by atoms with E-state index in [0.717, 1.165) is 29.6 Å². The zero-order valence-electron chi connectivity index (χ0n) is 9.90. The Balaban J connectivity index is 2.14. The van der Waals surface area contributed by atoms with E-state index in [4.69, 9.17) is 15.2 Å². The molecule has 0 spiro atoms. The average molecular weight is 221 g/mol. The Hall–Kier alpha value is -1.22. The van der Waals surface area contributed by atoms with Gasteiger partial charge in [-0.1, -0.05) is 6.07 Å². The minimum atomic E-state index is -0.0138. The van der Waals surface area contributed by atoms with Gasteiger partial charge in [-0.25, -0.2) is 0 Å². The van der Waals surface area contributed by atoms with E-state index in [9.17, 15) is 0 Å². The maximum atomic E-state index is 5.91. The fraction of sp³-hybridized carbons (Fsp3) is 0.538.